The molecule has 0 spiro atoms. The number of benzene rings is 1. The number of rotatable bonds is 2. The highest BCUT2D eigenvalue weighted by Crippen LogP contribution is 2.57. The molecule has 6 heteroatoms. The van der Waals surface area contributed by atoms with Gasteiger partial charge in [0.15, 0.2) is 0 Å². The molecule has 5 nitrogen and oxygen atoms in total. The van der Waals surface area contributed by atoms with Crippen LogP contribution in [0.1, 0.15) is 32.3 Å². The average molecular weight is 367 g/mol. The highest BCUT2D eigenvalue weighted by atomic mass is 35.5. The Kier molecular flexibility index (Phi) is 4.77. The largest absolute Gasteiger partial charge is 0.491 e. The molecule has 0 radical (unpaired) electrons. The summed E-state index contributed by atoms with van der Waals surface area (Å²) in [5.74, 6) is 0.959. The van der Waals surface area contributed by atoms with Crippen molar-refractivity contribution in [1.82, 2.24) is 5.32 Å². The fraction of sp³-hybridized carbons (Fsp3) is 0.632. The van der Waals surface area contributed by atoms with Gasteiger partial charge in [0.05, 0.1) is 12.1 Å². The number of para-hydroxylation sites is 1. The Morgan fingerprint density at radius 3 is 2.88 bits per heavy atom. The molecule has 25 heavy (non-hydrogen) atoms. The minimum absolute atomic E-state index is 0. The molecule has 1 saturated heterocycles. The van der Waals surface area contributed by atoms with Crippen LogP contribution >= 0.6 is 12.4 Å². The van der Waals surface area contributed by atoms with Crippen LogP contribution in [0.3, 0.4) is 0 Å². The standard InChI is InChI=1S/C19H26N2O3.ClH/c1-18(2)16-14(7-5-9-23-16)19(18,20)17(22)21-13-10-12-6-3-4-8-15(12)24-11-13;/h3-4,6,8,13-14,16H,5,7,9-11,20H2,1-2H3,(H,21,22);1H. The van der Waals surface area contributed by atoms with Crippen LogP contribution in [0.15, 0.2) is 24.3 Å². The molecule has 2 heterocycles. The first kappa shape index (κ1) is 18.5. The van der Waals surface area contributed by atoms with Gasteiger partial charge in [-0.2, -0.15) is 0 Å². The third-order valence-electron chi connectivity index (χ3n) is 6.27. The molecule has 4 unspecified atom stereocenters. The highest BCUT2D eigenvalue weighted by molar-refractivity contribution is 5.89. The number of nitrogens with two attached hydrogens (primary N) is 1. The predicted octanol–water partition coefficient (Wildman–Crippen LogP) is 2.06. The van der Waals surface area contributed by atoms with E-state index in [4.69, 9.17) is 15.2 Å². The topological polar surface area (TPSA) is 73.6 Å². The predicted molar refractivity (Wildman–Crippen MR) is 98.0 cm³/mol. The molecule has 1 aliphatic carbocycles. The number of hydrogen-bond donors (Lipinski definition) is 2. The number of hydrogen-bond acceptors (Lipinski definition) is 4. The summed E-state index contributed by atoms with van der Waals surface area (Å²) >= 11 is 0. The fourth-order valence-corrected chi connectivity index (χ4v) is 4.76. The molecule has 138 valence electrons. The average Bonchev–Trinajstić information content (AvgIpc) is 2.60. The van der Waals surface area contributed by atoms with Crippen LogP contribution in [0.4, 0.5) is 0 Å². The van der Waals surface area contributed by atoms with Crippen LogP contribution < -0.4 is 15.8 Å². The first-order valence-corrected chi connectivity index (χ1v) is 8.86. The van der Waals surface area contributed by atoms with E-state index >= 15 is 0 Å². The van der Waals surface area contributed by atoms with Crippen molar-refractivity contribution in [3.05, 3.63) is 29.8 Å². The maximum atomic E-state index is 13.1. The van der Waals surface area contributed by atoms with Crippen molar-refractivity contribution in [2.45, 2.75) is 50.8 Å². The second kappa shape index (κ2) is 6.45. The van der Waals surface area contributed by atoms with Crippen molar-refractivity contribution in [2.75, 3.05) is 13.2 Å². The Balaban J connectivity index is 0.00000182. The second-order valence-corrected chi connectivity index (χ2v) is 7.92. The van der Waals surface area contributed by atoms with Crippen molar-refractivity contribution in [1.29, 1.82) is 0 Å². The maximum absolute atomic E-state index is 13.1. The summed E-state index contributed by atoms with van der Waals surface area (Å²) in [4.78, 5) is 13.1. The van der Waals surface area contributed by atoms with Gasteiger partial charge in [-0.05, 0) is 30.9 Å². The van der Waals surface area contributed by atoms with Crippen molar-refractivity contribution >= 4 is 18.3 Å². The lowest BCUT2D eigenvalue weighted by molar-refractivity contribution is -0.225. The number of nitrogens with one attached hydrogen (secondary N) is 1. The summed E-state index contributed by atoms with van der Waals surface area (Å²) in [6, 6.07) is 7.94. The van der Waals surface area contributed by atoms with Crippen molar-refractivity contribution in [3.8, 4) is 5.75 Å². The monoisotopic (exact) mass is 366 g/mol. The molecule has 4 atom stereocenters. The van der Waals surface area contributed by atoms with E-state index in [0.717, 1.165) is 37.2 Å². The first-order valence-electron chi connectivity index (χ1n) is 8.86. The third-order valence-corrected chi connectivity index (χ3v) is 6.27. The quantitative estimate of drug-likeness (QED) is 0.840. The highest BCUT2D eigenvalue weighted by Gasteiger charge is 2.70. The number of carbonyl (C=O) groups excluding carboxylic acids is 1. The number of carbonyl (C=O) groups is 1. The Morgan fingerprint density at radius 1 is 1.32 bits per heavy atom. The first-order chi connectivity index (χ1) is 11.4. The molecule has 0 aromatic heterocycles. The van der Waals surface area contributed by atoms with E-state index in [1.54, 1.807) is 0 Å². The molecule has 1 saturated carbocycles. The normalized spacial score (nSPS) is 35.1. The zero-order chi connectivity index (χ0) is 16.9. The summed E-state index contributed by atoms with van der Waals surface area (Å²) in [5, 5.41) is 3.15. The summed E-state index contributed by atoms with van der Waals surface area (Å²) in [7, 11) is 0. The van der Waals surface area contributed by atoms with E-state index in [9.17, 15) is 4.79 Å². The summed E-state index contributed by atoms with van der Waals surface area (Å²) in [6.45, 7) is 5.36. The van der Waals surface area contributed by atoms with Gasteiger partial charge < -0.3 is 20.5 Å². The van der Waals surface area contributed by atoms with Crippen LogP contribution in [0.25, 0.3) is 0 Å². The van der Waals surface area contributed by atoms with Crippen molar-refractivity contribution < 1.29 is 14.3 Å². The molecule has 3 N–H and O–H groups in total. The Bertz CT molecular complexity index is 666. The lowest BCUT2D eigenvalue weighted by Gasteiger charge is -2.65. The molecule has 1 aromatic rings. The van der Waals surface area contributed by atoms with Gasteiger partial charge in [-0.1, -0.05) is 32.0 Å². The molecule has 1 amide bonds. The molecular weight excluding hydrogens is 340 g/mol. The van der Waals surface area contributed by atoms with E-state index in [-0.39, 0.29) is 41.8 Å². The van der Waals surface area contributed by atoms with Crippen LogP contribution in [-0.2, 0) is 16.0 Å². The third kappa shape index (κ3) is 2.64. The smallest absolute Gasteiger partial charge is 0.241 e. The molecular formula is C19H27ClN2O3. The van der Waals surface area contributed by atoms with Gasteiger partial charge in [0.1, 0.15) is 17.9 Å². The van der Waals surface area contributed by atoms with Gasteiger partial charge in [0.2, 0.25) is 5.91 Å². The van der Waals surface area contributed by atoms with Crippen LogP contribution in [0.5, 0.6) is 5.75 Å². The Hall–Kier alpha value is -1.30. The lowest BCUT2D eigenvalue weighted by Crippen LogP contribution is -2.82. The number of fused-ring (bicyclic) bond motifs is 2. The number of amides is 1. The van der Waals surface area contributed by atoms with Crippen LogP contribution in [0.2, 0.25) is 0 Å². The molecule has 1 aromatic carbocycles. The van der Waals surface area contributed by atoms with Gasteiger partial charge in [0.25, 0.3) is 0 Å². The minimum atomic E-state index is -0.866. The molecule has 2 aliphatic heterocycles. The zero-order valence-electron chi connectivity index (χ0n) is 14.8. The van der Waals surface area contributed by atoms with Gasteiger partial charge >= 0.3 is 0 Å². The lowest BCUT2D eigenvalue weighted by atomic mass is 9.46. The SMILES string of the molecule is CC1(C)C2OCCCC2C1(N)C(=O)NC1COc2ccccc2C1.Cl. The fourth-order valence-electron chi connectivity index (χ4n) is 4.76. The van der Waals surface area contributed by atoms with Crippen molar-refractivity contribution in [2.24, 2.45) is 17.1 Å². The minimum Gasteiger partial charge on any atom is -0.491 e. The zero-order valence-corrected chi connectivity index (χ0v) is 15.6. The van der Waals surface area contributed by atoms with Gasteiger partial charge in [0, 0.05) is 17.9 Å². The Morgan fingerprint density at radius 2 is 2.08 bits per heavy atom. The van der Waals surface area contributed by atoms with Gasteiger partial charge in [-0.25, -0.2) is 0 Å². The van der Waals surface area contributed by atoms with Crippen molar-refractivity contribution in [3.63, 3.8) is 0 Å². The van der Waals surface area contributed by atoms with Crippen LogP contribution in [0, 0.1) is 11.3 Å². The maximum Gasteiger partial charge on any atom is 0.241 e. The number of ether oxygens (including phenoxy) is 2. The Labute approximate surface area is 155 Å². The molecule has 2 fully saturated rings. The number of halogens is 1. The van der Waals surface area contributed by atoms with E-state index in [1.807, 2.05) is 38.1 Å². The summed E-state index contributed by atoms with van der Waals surface area (Å²) in [5.41, 5.74) is 6.57. The van der Waals surface area contributed by atoms with E-state index < -0.39 is 5.54 Å². The summed E-state index contributed by atoms with van der Waals surface area (Å²) < 4.78 is 11.7. The van der Waals surface area contributed by atoms with Gasteiger partial charge in [-0.3, -0.25) is 4.79 Å². The molecule has 4 rings (SSSR count). The van der Waals surface area contributed by atoms with E-state index in [1.165, 1.54) is 0 Å². The molecule has 0 bridgehead atoms. The molecule has 3 aliphatic rings. The second-order valence-electron chi connectivity index (χ2n) is 7.92. The summed E-state index contributed by atoms with van der Waals surface area (Å²) in [6.07, 6.45) is 2.80. The van der Waals surface area contributed by atoms with E-state index in [2.05, 4.69) is 5.32 Å². The van der Waals surface area contributed by atoms with E-state index in [0.29, 0.717) is 6.61 Å². The van der Waals surface area contributed by atoms with Gasteiger partial charge in [-0.15, -0.1) is 12.4 Å². The van der Waals surface area contributed by atoms with Crippen LogP contribution in [-0.4, -0.2) is 36.8 Å².